The Morgan fingerprint density at radius 1 is 1.03 bits per heavy atom. The van der Waals surface area contributed by atoms with E-state index in [4.69, 9.17) is 11.6 Å². The van der Waals surface area contributed by atoms with Crippen molar-refractivity contribution in [2.45, 2.75) is 24.3 Å². The summed E-state index contributed by atoms with van der Waals surface area (Å²) in [6.07, 6.45) is 2.66. The van der Waals surface area contributed by atoms with Crippen LogP contribution in [-0.2, 0) is 24.7 Å². The Morgan fingerprint density at radius 2 is 1.62 bits per heavy atom. The van der Waals surface area contributed by atoms with Crippen LogP contribution in [0.4, 0.5) is 5.69 Å². The first kappa shape index (κ1) is 23.2. The molecule has 0 aromatic heterocycles. The summed E-state index contributed by atoms with van der Waals surface area (Å²) < 4.78 is 48.6. The van der Waals surface area contributed by atoms with Gasteiger partial charge in [0.2, 0.25) is 15.9 Å². The molecular formula is C19H23ClN2O5S2. The topological polar surface area (TPSA) is 101 Å². The molecule has 1 N–H and O–H groups in total. The van der Waals surface area contributed by atoms with E-state index in [9.17, 15) is 21.6 Å². The third kappa shape index (κ3) is 6.19. The van der Waals surface area contributed by atoms with Crippen LogP contribution in [0.25, 0.3) is 0 Å². The van der Waals surface area contributed by atoms with Crippen LogP contribution in [0.3, 0.4) is 0 Å². The number of sulfonamides is 1. The minimum atomic E-state index is -3.74. The summed E-state index contributed by atoms with van der Waals surface area (Å²) in [6, 6.07) is 12.2. The summed E-state index contributed by atoms with van der Waals surface area (Å²) in [7, 11) is -7.06. The first-order chi connectivity index (χ1) is 13.4. The second kappa shape index (κ2) is 9.15. The largest absolute Gasteiger partial charge is 0.348 e. The summed E-state index contributed by atoms with van der Waals surface area (Å²) in [5, 5.41) is 3.01. The maximum Gasteiger partial charge on any atom is 0.241 e. The molecule has 0 heterocycles. The van der Waals surface area contributed by atoms with Gasteiger partial charge in [0.15, 0.2) is 9.84 Å². The lowest BCUT2D eigenvalue weighted by Gasteiger charge is -2.24. The monoisotopic (exact) mass is 458 g/mol. The molecule has 29 heavy (non-hydrogen) atoms. The Bertz CT molecular complexity index is 1080. The molecule has 1 unspecified atom stereocenters. The van der Waals surface area contributed by atoms with Crippen molar-refractivity contribution in [3.8, 4) is 0 Å². The highest BCUT2D eigenvalue weighted by Gasteiger charge is 2.24. The molecule has 7 nitrogen and oxygen atoms in total. The van der Waals surface area contributed by atoms with E-state index in [0.717, 1.165) is 22.4 Å². The molecule has 10 heteroatoms. The molecular weight excluding hydrogens is 436 g/mol. The zero-order valence-electron chi connectivity index (χ0n) is 16.3. The van der Waals surface area contributed by atoms with E-state index in [0.29, 0.717) is 6.42 Å². The highest BCUT2D eigenvalue weighted by Crippen LogP contribution is 2.27. The fourth-order valence-electron chi connectivity index (χ4n) is 2.77. The van der Waals surface area contributed by atoms with Gasteiger partial charge in [-0.2, -0.15) is 0 Å². The predicted molar refractivity (Wildman–Crippen MR) is 114 cm³/mol. The van der Waals surface area contributed by atoms with Gasteiger partial charge >= 0.3 is 0 Å². The quantitative estimate of drug-likeness (QED) is 0.655. The van der Waals surface area contributed by atoms with Crippen molar-refractivity contribution in [3.05, 3.63) is 59.1 Å². The van der Waals surface area contributed by atoms with E-state index in [1.54, 1.807) is 30.3 Å². The van der Waals surface area contributed by atoms with Crippen LogP contribution in [0.15, 0.2) is 53.4 Å². The second-order valence-electron chi connectivity index (χ2n) is 6.59. The third-order valence-corrected chi connectivity index (χ3v) is 6.84. The molecule has 0 saturated heterocycles. The maximum atomic E-state index is 12.6. The molecule has 1 amide bonds. The lowest BCUT2D eigenvalue weighted by atomic mass is 10.0. The number of carbonyl (C=O) groups excluding carboxylic acids is 1. The van der Waals surface area contributed by atoms with E-state index in [-0.39, 0.29) is 15.6 Å². The molecule has 0 aliphatic carbocycles. The molecule has 0 aliphatic heterocycles. The molecule has 158 valence electrons. The first-order valence-electron chi connectivity index (χ1n) is 8.75. The zero-order chi connectivity index (χ0) is 21.8. The summed E-state index contributed by atoms with van der Waals surface area (Å²) >= 11 is 6.10. The van der Waals surface area contributed by atoms with Crippen LogP contribution in [0.1, 0.15) is 24.9 Å². The molecule has 2 aromatic rings. The van der Waals surface area contributed by atoms with E-state index in [1.165, 1.54) is 18.2 Å². The minimum Gasteiger partial charge on any atom is -0.348 e. The third-order valence-electron chi connectivity index (χ3n) is 4.26. The Hall–Kier alpha value is -2.10. The van der Waals surface area contributed by atoms with Gasteiger partial charge in [-0.3, -0.25) is 9.10 Å². The van der Waals surface area contributed by atoms with Gasteiger partial charge in [-0.1, -0.05) is 42.8 Å². The molecule has 0 radical (unpaired) electrons. The van der Waals surface area contributed by atoms with Gasteiger partial charge in [-0.05, 0) is 36.2 Å². The van der Waals surface area contributed by atoms with Crippen molar-refractivity contribution >= 4 is 43.1 Å². The molecule has 0 aliphatic rings. The van der Waals surface area contributed by atoms with Gasteiger partial charge < -0.3 is 5.32 Å². The van der Waals surface area contributed by atoms with Crippen LogP contribution >= 0.6 is 11.6 Å². The van der Waals surface area contributed by atoms with E-state index in [1.807, 2.05) is 6.92 Å². The SMILES string of the molecule is CCC(NC(=O)CN(c1ccccc1Cl)S(C)(=O)=O)c1ccc(S(C)(=O)=O)cc1. The smallest absolute Gasteiger partial charge is 0.241 e. The van der Waals surface area contributed by atoms with Crippen molar-refractivity contribution < 1.29 is 21.6 Å². The lowest BCUT2D eigenvalue weighted by Crippen LogP contribution is -2.41. The second-order valence-corrected chi connectivity index (χ2v) is 10.9. The Balaban J connectivity index is 2.21. The van der Waals surface area contributed by atoms with E-state index < -0.39 is 38.4 Å². The lowest BCUT2D eigenvalue weighted by molar-refractivity contribution is -0.120. The number of halogens is 1. The summed E-state index contributed by atoms with van der Waals surface area (Å²) in [6.45, 7) is 1.43. The van der Waals surface area contributed by atoms with E-state index in [2.05, 4.69) is 5.32 Å². The number of nitrogens with zero attached hydrogens (tertiary/aromatic N) is 1. The van der Waals surface area contributed by atoms with E-state index >= 15 is 0 Å². The average Bonchev–Trinajstić information content (AvgIpc) is 2.63. The maximum absolute atomic E-state index is 12.6. The van der Waals surface area contributed by atoms with Gasteiger partial charge in [-0.15, -0.1) is 0 Å². The molecule has 2 rings (SSSR count). The van der Waals surface area contributed by atoms with Crippen LogP contribution in [0.2, 0.25) is 5.02 Å². The summed E-state index contributed by atoms with van der Waals surface area (Å²) in [4.78, 5) is 12.8. The fraction of sp³-hybridized carbons (Fsp3) is 0.316. The standard InChI is InChI=1S/C19H23ClN2O5S2/c1-4-17(14-9-11-15(12-10-14)28(2,24)25)21-19(23)13-22(29(3,26)27)18-8-6-5-7-16(18)20/h5-12,17H,4,13H2,1-3H3,(H,21,23). The van der Waals surface area contributed by atoms with Crippen molar-refractivity contribution in [3.63, 3.8) is 0 Å². The summed E-state index contributed by atoms with van der Waals surface area (Å²) in [5.74, 6) is -0.505. The number of amides is 1. The minimum absolute atomic E-state index is 0.185. The number of rotatable bonds is 8. The zero-order valence-corrected chi connectivity index (χ0v) is 18.7. The van der Waals surface area contributed by atoms with Crippen molar-refractivity contribution in [2.75, 3.05) is 23.4 Å². The fourth-order valence-corrected chi connectivity index (χ4v) is 4.56. The average molecular weight is 459 g/mol. The Kier molecular flexibility index (Phi) is 7.31. The number of hydrogen-bond donors (Lipinski definition) is 1. The highest BCUT2D eigenvalue weighted by molar-refractivity contribution is 7.92. The molecule has 0 spiro atoms. The number of nitrogens with one attached hydrogen (secondary N) is 1. The number of carbonyl (C=O) groups is 1. The summed E-state index contributed by atoms with van der Waals surface area (Å²) in [5.41, 5.74) is 0.939. The van der Waals surface area contributed by atoms with Crippen molar-refractivity contribution in [1.82, 2.24) is 5.32 Å². The number of sulfone groups is 1. The van der Waals surface area contributed by atoms with Crippen LogP contribution in [0, 0.1) is 0 Å². The van der Waals surface area contributed by atoms with Crippen LogP contribution in [0.5, 0.6) is 0 Å². The van der Waals surface area contributed by atoms with Crippen LogP contribution in [-0.4, -0.2) is 41.8 Å². The highest BCUT2D eigenvalue weighted by atomic mass is 35.5. The Labute approximate surface area is 176 Å². The number of para-hydroxylation sites is 1. The predicted octanol–water partition coefficient (Wildman–Crippen LogP) is 2.78. The number of benzene rings is 2. The molecule has 2 aromatic carbocycles. The molecule has 0 bridgehead atoms. The van der Waals surface area contributed by atoms with Crippen LogP contribution < -0.4 is 9.62 Å². The number of anilines is 1. The van der Waals surface area contributed by atoms with Crippen molar-refractivity contribution in [1.29, 1.82) is 0 Å². The molecule has 0 saturated carbocycles. The first-order valence-corrected chi connectivity index (χ1v) is 12.9. The van der Waals surface area contributed by atoms with Gasteiger partial charge in [-0.25, -0.2) is 16.8 Å². The molecule has 1 atom stereocenters. The van der Waals surface area contributed by atoms with Gasteiger partial charge in [0, 0.05) is 6.26 Å². The Morgan fingerprint density at radius 3 is 2.10 bits per heavy atom. The molecule has 0 fully saturated rings. The van der Waals surface area contributed by atoms with Gasteiger partial charge in [0.1, 0.15) is 6.54 Å². The normalized spacial score (nSPS) is 13.0. The van der Waals surface area contributed by atoms with Crippen molar-refractivity contribution in [2.24, 2.45) is 0 Å². The van der Waals surface area contributed by atoms with Gasteiger partial charge in [0.25, 0.3) is 0 Å². The number of hydrogen-bond acceptors (Lipinski definition) is 5. The van der Waals surface area contributed by atoms with Gasteiger partial charge in [0.05, 0.1) is 27.9 Å².